The molecular weight excluding hydrogens is 382 g/mol. The van der Waals surface area contributed by atoms with Gasteiger partial charge < -0.3 is 4.42 Å². The predicted molar refractivity (Wildman–Crippen MR) is 103 cm³/mol. The number of sulfonamides is 1. The van der Waals surface area contributed by atoms with E-state index in [0.717, 1.165) is 17.7 Å². The van der Waals surface area contributed by atoms with E-state index in [1.165, 1.54) is 12.1 Å². The van der Waals surface area contributed by atoms with Crippen LogP contribution in [0.25, 0.3) is 22.6 Å². The highest BCUT2D eigenvalue weighted by Crippen LogP contribution is 2.27. The normalized spacial score (nSPS) is 11.4. The van der Waals surface area contributed by atoms with E-state index in [0.29, 0.717) is 22.7 Å². The second-order valence-electron chi connectivity index (χ2n) is 5.92. The van der Waals surface area contributed by atoms with E-state index >= 15 is 0 Å². The Kier molecular flexibility index (Phi) is 4.28. The minimum Gasteiger partial charge on any atom is -0.436 e. The first kappa shape index (κ1) is 17.7. The van der Waals surface area contributed by atoms with Crippen LogP contribution in [0, 0.1) is 10.1 Å². The highest BCUT2D eigenvalue weighted by atomic mass is 32.2. The summed E-state index contributed by atoms with van der Waals surface area (Å²) in [4.78, 5) is 14.4. The van der Waals surface area contributed by atoms with Crippen LogP contribution in [-0.2, 0) is 10.0 Å². The third-order valence-electron chi connectivity index (χ3n) is 4.02. The molecule has 1 N–H and O–H groups in total. The molecule has 3 aromatic carbocycles. The summed E-state index contributed by atoms with van der Waals surface area (Å²) in [5.41, 5.74) is 1.96. The number of nitrogens with one attached hydrogen (secondary N) is 1. The summed E-state index contributed by atoms with van der Waals surface area (Å²) in [6, 6.07) is 18.8. The van der Waals surface area contributed by atoms with Crippen LogP contribution in [0.2, 0.25) is 0 Å². The van der Waals surface area contributed by atoms with Gasteiger partial charge in [0.25, 0.3) is 15.7 Å². The zero-order chi connectivity index (χ0) is 19.7. The van der Waals surface area contributed by atoms with Crippen molar-refractivity contribution in [3.05, 3.63) is 82.9 Å². The summed E-state index contributed by atoms with van der Waals surface area (Å²) in [5, 5.41) is 10.7. The summed E-state index contributed by atoms with van der Waals surface area (Å²) in [5.74, 6) is 0.436. The fourth-order valence-corrected chi connectivity index (χ4v) is 3.71. The van der Waals surface area contributed by atoms with E-state index in [4.69, 9.17) is 4.42 Å². The zero-order valence-corrected chi connectivity index (χ0v) is 15.1. The molecule has 0 saturated carbocycles. The highest BCUT2D eigenvalue weighted by Gasteiger charge is 2.17. The maximum Gasteiger partial charge on any atom is 0.269 e. The van der Waals surface area contributed by atoms with Crippen LogP contribution < -0.4 is 4.72 Å². The van der Waals surface area contributed by atoms with Crippen LogP contribution in [0.4, 0.5) is 11.4 Å². The minimum absolute atomic E-state index is 0.0803. The smallest absolute Gasteiger partial charge is 0.269 e. The molecule has 0 radical (unpaired) electrons. The number of aromatic nitrogens is 1. The Hall–Kier alpha value is -3.72. The first-order valence-corrected chi connectivity index (χ1v) is 9.64. The molecule has 0 fully saturated rings. The molecule has 0 bridgehead atoms. The zero-order valence-electron chi connectivity index (χ0n) is 14.3. The second kappa shape index (κ2) is 6.78. The van der Waals surface area contributed by atoms with Gasteiger partial charge >= 0.3 is 0 Å². The summed E-state index contributed by atoms with van der Waals surface area (Å²) in [7, 11) is -3.90. The van der Waals surface area contributed by atoms with Crippen molar-refractivity contribution < 1.29 is 17.8 Å². The molecule has 4 rings (SSSR count). The van der Waals surface area contributed by atoms with Gasteiger partial charge in [0.2, 0.25) is 5.89 Å². The Bertz CT molecular complexity index is 1270. The van der Waals surface area contributed by atoms with Gasteiger partial charge in [-0.1, -0.05) is 18.2 Å². The molecule has 0 aliphatic heterocycles. The van der Waals surface area contributed by atoms with Gasteiger partial charge in [0, 0.05) is 17.7 Å². The van der Waals surface area contributed by atoms with E-state index in [9.17, 15) is 18.5 Å². The number of fused-ring (bicyclic) bond motifs is 1. The largest absolute Gasteiger partial charge is 0.436 e. The van der Waals surface area contributed by atoms with Crippen LogP contribution in [0.1, 0.15) is 0 Å². The number of hydrogen-bond acceptors (Lipinski definition) is 6. The van der Waals surface area contributed by atoms with Crippen LogP contribution in [-0.4, -0.2) is 18.3 Å². The lowest BCUT2D eigenvalue weighted by Crippen LogP contribution is -2.12. The standard InChI is InChI=1S/C19H13N3O5S/c23-22(24)15-7-9-16(10-8-15)28(25,26)21-14-6-11-18-17(12-14)20-19(27-18)13-4-2-1-3-5-13/h1-12,21H. The quantitative estimate of drug-likeness (QED) is 0.400. The van der Waals surface area contributed by atoms with E-state index in [1.807, 2.05) is 30.3 Å². The number of hydrogen-bond donors (Lipinski definition) is 1. The molecule has 0 amide bonds. The lowest BCUT2D eigenvalue weighted by molar-refractivity contribution is -0.384. The molecule has 1 heterocycles. The average molecular weight is 395 g/mol. The molecule has 28 heavy (non-hydrogen) atoms. The van der Waals surface area contributed by atoms with Crippen LogP contribution in [0.15, 0.2) is 82.1 Å². The summed E-state index contributed by atoms with van der Waals surface area (Å²) in [6.45, 7) is 0. The number of benzene rings is 3. The molecule has 0 atom stereocenters. The van der Waals surface area contributed by atoms with Crippen molar-refractivity contribution in [2.75, 3.05) is 4.72 Å². The number of nitro groups is 1. The molecule has 4 aromatic rings. The van der Waals surface area contributed by atoms with E-state index in [1.54, 1.807) is 18.2 Å². The monoisotopic (exact) mass is 395 g/mol. The van der Waals surface area contributed by atoms with E-state index < -0.39 is 14.9 Å². The van der Waals surface area contributed by atoms with Gasteiger partial charge in [-0.15, -0.1) is 0 Å². The minimum atomic E-state index is -3.90. The summed E-state index contributed by atoms with van der Waals surface area (Å²) < 4.78 is 33.2. The first-order chi connectivity index (χ1) is 13.4. The fraction of sp³-hybridized carbons (Fsp3) is 0. The molecule has 0 spiro atoms. The van der Waals surface area contributed by atoms with Crippen molar-refractivity contribution >= 4 is 32.5 Å². The predicted octanol–water partition coefficient (Wildman–Crippen LogP) is 4.20. The Morgan fingerprint density at radius 2 is 1.68 bits per heavy atom. The molecule has 0 unspecified atom stereocenters. The lowest BCUT2D eigenvalue weighted by Gasteiger charge is -2.07. The Labute approximate surface area is 159 Å². The molecule has 0 aliphatic rings. The lowest BCUT2D eigenvalue weighted by atomic mass is 10.2. The van der Waals surface area contributed by atoms with Gasteiger partial charge in [-0.25, -0.2) is 13.4 Å². The van der Waals surface area contributed by atoms with Gasteiger partial charge in [0.05, 0.1) is 15.5 Å². The Morgan fingerprint density at radius 1 is 0.964 bits per heavy atom. The van der Waals surface area contributed by atoms with Crippen molar-refractivity contribution in [2.45, 2.75) is 4.90 Å². The molecule has 0 saturated heterocycles. The fourth-order valence-electron chi connectivity index (χ4n) is 2.66. The molecule has 0 aliphatic carbocycles. The number of nitro benzene ring substituents is 1. The second-order valence-corrected chi connectivity index (χ2v) is 7.61. The molecule has 9 heteroatoms. The van der Waals surface area contributed by atoms with Gasteiger partial charge in [0.15, 0.2) is 5.58 Å². The third kappa shape index (κ3) is 3.42. The molecular formula is C19H13N3O5S. The summed E-state index contributed by atoms with van der Waals surface area (Å²) >= 11 is 0. The van der Waals surface area contributed by atoms with Crippen molar-refractivity contribution in [1.29, 1.82) is 0 Å². The maximum atomic E-state index is 12.5. The number of oxazole rings is 1. The molecule has 1 aromatic heterocycles. The first-order valence-electron chi connectivity index (χ1n) is 8.16. The highest BCUT2D eigenvalue weighted by molar-refractivity contribution is 7.92. The number of non-ortho nitro benzene ring substituents is 1. The number of nitrogens with zero attached hydrogens (tertiary/aromatic N) is 2. The van der Waals surface area contributed by atoms with Crippen LogP contribution in [0.5, 0.6) is 0 Å². The molecule has 8 nitrogen and oxygen atoms in total. The average Bonchev–Trinajstić information content (AvgIpc) is 3.12. The maximum absolute atomic E-state index is 12.5. The third-order valence-corrected chi connectivity index (χ3v) is 5.42. The number of rotatable bonds is 5. The SMILES string of the molecule is O=[N+]([O-])c1ccc(S(=O)(=O)Nc2ccc3oc(-c4ccccc4)nc3c2)cc1. The van der Waals surface area contributed by atoms with Gasteiger partial charge in [0.1, 0.15) is 5.52 Å². The van der Waals surface area contributed by atoms with Crippen molar-refractivity contribution in [2.24, 2.45) is 0 Å². The summed E-state index contributed by atoms with van der Waals surface area (Å²) in [6.07, 6.45) is 0. The molecule has 140 valence electrons. The topological polar surface area (TPSA) is 115 Å². The van der Waals surface area contributed by atoms with Crippen molar-refractivity contribution in [1.82, 2.24) is 4.98 Å². The Balaban J connectivity index is 1.63. The van der Waals surface area contributed by atoms with Gasteiger partial charge in [-0.2, -0.15) is 0 Å². The van der Waals surface area contributed by atoms with Crippen LogP contribution >= 0.6 is 0 Å². The number of anilines is 1. The van der Waals surface area contributed by atoms with Gasteiger partial charge in [-0.3, -0.25) is 14.8 Å². The van der Waals surface area contributed by atoms with Crippen LogP contribution in [0.3, 0.4) is 0 Å². The van der Waals surface area contributed by atoms with Gasteiger partial charge in [-0.05, 0) is 42.5 Å². The van der Waals surface area contributed by atoms with Crippen molar-refractivity contribution in [3.8, 4) is 11.5 Å². The Morgan fingerprint density at radius 3 is 2.36 bits per heavy atom. The van der Waals surface area contributed by atoms with E-state index in [-0.39, 0.29) is 10.6 Å². The van der Waals surface area contributed by atoms with E-state index in [2.05, 4.69) is 9.71 Å². The van der Waals surface area contributed by atoms with Crippen molar-refractivity contribution in [3.63, 3.8) is 0 Å².